The summed E-state index contributed by atoms with van der Waals surface area (Å²) in [5.41, 5.74) is 0.800. The molecule has 1 aromatic carbocycles. The van der Waals surface area contributed by atoms with Crippen LogP contribution in [0.4, 0.5) is 0 Å². The predicted octanol–water partition coefficient (Wildman–Crippen LogP) is 3.19. The van der Waals surface area contributed by atoms with Gasteiger partial charge in [-0.1, -0.05) is 32.4 Å². The van der Waals surface area contributed by atoms with Crippen molar-refractivity contribution in [3.63, 3.8) is 0 Å². The fraction of sp³-hybridized carbons (Fsp3) is 0.632. The molecule has 0 atom stereocenters. The fourth-order valence-electron chi connectivity index (χ4n) is 3.22. The van der Waals surface area contributed by atoms with Gasteiger partial charge in [0.1, 0.15) is 0 Å². The minimum absolute atomic E-state index is 0.228. The Kier molecular flexibility index (Phi) is 5.44. The Labute approximate surface area is 154 Å². The van der Waals surface area contributed by atoms with Crippen molar-refractivity contribution in [1.29, 1.82) is 0 Å². The third-order valence-corrected chi connectivity index (χ3v) is 4.85. The zero-order valence-electron chi connectivity index (χ0n) is 15.3. The third-order valence-electron chi connectivity index (χ3n) is 4.57. The van der Waals surface area contributed by atoms with Crippen molar-refractivity contribution in [2.45, 2.75) is 33.7 Å². The van der Waals surface area contributed by atoms with E-state index in [4.69, 9.17) is 21.1 Å². The summed E-state index contributed by atoms with van der Waals surface area (Å²) < 4.78 is 11.4. The lowest BCUT2D eigenvalue weighted by Gasteiger charge is -2.37. The Morgan fingerprint density at radius 1 is 1.12 bits per heavy atom. The van der Waals surface area contributed by atoms with E-state index in [1.807, 2.05) is 37.8 Å². The summed E-state index contributed by atoms with van der Waals surface area (Å²) in [7, 11) is 0. The second-order valence-corrected chi connectivity index (χ2v) is 8.18. The van der Waals surface area contributed by atoms with E-state index in [2.05, 4.69) is 4.90 Å². The first kappa shape index (κ1) is 18.3. The number of hydrogen-bond donors (Lipinski definition) is 0. The highest BCUT2D eigenvalue weighted by atomic mass is 35.5. The molecule has 0 aromatic heterocycles. The third kappa shape index (κ3) is 4.39. The van der Waals surface area contributed by atoms with Crippen molar-refractivity contribution in [2.75, 3.05) is 39.4 Å². The van der Waals surface area contributed by atoms with Gasteiger partial charge < -0.3 is 14.4 Å². The molecule has 0 aliphatic carbocycles. The van der Waals surface area contributed by atoms with Gasteiger partial charge in [0, 0.05) is 44.6 Å². The summed E-state index contributed by atoms with van der Waals surface area (Å²) in [6, 6.07) is 3.99. The number of ether oxygens (including phenoxy) is 2. The van der Waals surface area contributed by atoms with Gasteiger partial charge in [0.2, 0.25) is 5.91 Å². The van der Waals surface area contributed by atoms with E-state index in [0.717, 1.165) is 50.5 Å². The lowest BCUT2D eigenvalue weighted by Crippen LogP contribution is -2.51. The summed E-state index contributed by atoms with van der Waals surface area (Å²) in [6.07, 6.45) is 0.865. The first-order valence-corrected chi connectivity index (χ1v) is 9.32. The smallest absolute Gasteiger partial charge is 0.228 e. The first-order valence-electron chi connectivity index (χ1n) is 8.94. The zero-order chi connectivity index (χ0) is 18.0. The quantitative estimate of drug-likeness (QED) is 0.806. The largest absolute Gasteiger partial charge is 0.489 e. The molecule has 0 bridgehead atoms. The lowest BCUT2D eigenvalue weighted by atomic mass is 9.94. The van der Waals surface area contributed by atoms with Crippen LogP contribution in [0, 0.1) is 5.41 Å². The summed E-state index contributed by atoms with van der Waals surface area (Å²) in [5.74, 6) is 1.62. The average Bonchev–Trinajstić information content (AvgIpc) is 2.80. The molecule has 1 fully saturated rings. The van der Waals surface area contributed by atoms with E-state index in [0.29, 0.717) is 24.0 Å². The van der Waals surface area contributed by atoms with Gasteiger partial charge >= 0.3 is 0 Å². The van der Waals surface area contributed by atoms with Gasteiger partial charge in [-0.25, -0.2) is 0 Å². The molecule has 1 aromatic rings. The first-order chi connectivity index (χ1) is 11.8. The molecule has 0 saturated carbocycles. The van der Waals surface area contributed by atoms with E-state index < -0.39 is 0 Å². The molecule has 0 spiro atoms. The molecular formula is C19H27ClN2O3. The Bertz CT molecular complexity index is 634. The Hall–Kier alpha value is -1.46. The van der Waals surface area contributed by atoms with Crippen molar-refractivity contribution in [3.05, 3.63) is 22.7 Å². The second-order valence-electron chi connectivity index (χ2n) is 7.77. The fourth-order valence-corrected chi connectivity index (χ4v) is 3.50. The van der Waals surface area contributed by atoms with Crippen LogP contribution in [-0.2, 0) is 11.3 Å². The normalized spacial score (nSPS) is 18.8. The molecule has 6 heteroatoms. The van der Waals surface area contributed by atoms with E-state index in [1.165, 1.54) is 0 Å². The summed E-state index contributed by atoms with van der Waals surface area (Å²) in [6.45, 7) is 11.3. The van der Waals surface area contributed by atoms with Gasteiger partial charge in [0.05, 0.1) is 18.2 Å². The molecule has 2 heterocycles. The van der Waals surface area contributed by atoms with Crippen LogP contribution >= 0.6 is 11.6 Å². The van der Waals surface area contributed by atoms with Gasteiger partial charge in [-0.2, -0.15) is 0 Å². The van der Waals surface area contributed by atoms with Crippen LogP contribution in [-0.4, -0.2) is 55.1 Å². The Morgan fingerprint density at radius 3 is 2.48 bits per heavy atom. The van der Waals surface area contributed by atoms with E-state index >= 15 is 0 Å². The van der Waals surface area contributed by atoms with Gasteiger partial charge in [-0.3, -0.25) is 9.69 Å². The molecule has 1 amide bonds. The number of nitrogens with zero attached hydrogens (tertiary/aromatic N) is 2. The number of piperazine rings is 1. The van der Waals surface area contributed by atoms with Crippen LogP contribution in [0.3, 0.4) is 0 Å². The Morgan fingerprint density at radius 2 is 1.80 bits per heavy atom. The molecule has 0 N–H and O–H groups in total. The molecule has 2 aliphatic heterocycles. The van der Waals surface area contributed by atoms with Crippen LogP contribution in [0.5, 0.6) is 11.5 Å². The summed E-state index contributed by atoms with van der Waals surface area (Å²) in [5, 5.41) is 0.607. The number of halogens is 1. The molecule has 2 aliphatic rings. The molecule has 25 heavy (non-hydrogen) atoms. The maximum absolute atomic E-state index is 12.4. The highest BCUT2D eigenvalue weighted by Gasteiger charge is 2.29. The number of carbonyl (C=O) groups is 1. The van der Waals surface area contributed by atoms with E-state index in [-0.39, 0.29) is 11.3 Å². The number of hydrogen-bond acceptors (Lipinski definition) is 4. The molecule has 5 nitrogen and oxygen atoms in total. The van der Waals surface area contributed by atoms with E-state index in [1.54, 1.807) is 0 Å². The topological polar surface area (TPSA) is 42.0 Å². The van der Waals surface area contributed by atoms with Crippen LogP contribution in [0.15, 0.2) is 12.1 Å². The number of carbonyl (C=O) groups excluding carboxylic acids is 1. The highest BCUT2D eigenvalue weighted by molar-refractivity contribution is 6.32. The lowest BCUT2D eigenvalue weighted by molar-refractivity contribution is -0.141. The molecule has 0 unspecified atom stereocenters. The van der Waals surface area contributed by atoms with Crippen LogP contribution in [0.2, 0.25) is 5.02 Å². The van der Waals surface area contributed by atoms with Gasteiger partial charge in [0.15, 0.2) is 11.5 Å². The maximum Gasteiger partial charge on any atom is 0.228 e. The molecule has 1 saturated heterocycles. The molecule has 138 valence electrons. The standard InChI is InChI=1S/C19H27ClN2O3/c1-19(2,3)18(23)22-7-5-21(6-8-22)13-14-11-15(20)17-16(12-14)24-9-4-10-25-17/h11-12H,4-10,13H2,1-3H3. The SMILES string of the molecule is CC(C)(C)C(=O)N1CCN(Cc2cc(Cl)c3c(c2)OCCCO3)CC1. The Balaban J connectivity index is 1.62. The molecule has 0 radical (unpaired) electrons. The van der Waals surface area contributed by atoms with Crippen molar-refractivity contribution < 1.29 is 14.3 Å². The van der Waals surface area contributed by atoms with Crippen molar-refractivity contribution >= 4 is 17.5 Å². The molecule has 3 rings (SSSR count). The monoisotopic (exact) mass is 366 g/mol. The van der Waals surface area contributed by atoms with Gasteiger partial charge in [-0.05, 0) is 17.7 Å². The average molecular weight is 367 g/mol. The van der Waals surface area contributed by atoms with Crippen LogP contribution in [0.25, 0.3) is 0 Å². The van der Waals surface area contributed by atoms with Crippen molar-refractivity contribution in [1.82, 2.24) is 9.80 Å². The zero-order valence-corrected chi connectivity index (χ0v) is 16.1. The second kappa shape index (κ2) is 7.42. The number of amides is 1. The summed E-state index contributed by atoms with van der Waals surface area (Å²) in [4.78, 5) is 16.7. The maximum atomic E-state index is 12.4. The van der Waals surface area contributed by atoms with Gasteiger partial charge in [-0.15, -0.1) is 0 Å². The van der Waals surface area contributed by atoms with Crippen LogP contribution < -0.4 is 9.47 Å². The summed E-state index contributed by atoms with van der Waals surface area (Å²) >= 11 is 6.38. The predicted molar refractivity (Wildman–Crippen MR) is 98.4 cm³/mol. The van der Waals surface area contributed by atoms with Crippen LogP contribution in [0.1, 0.15) is 32.8 Å². The minimum Gasteiger partial charge on any atom is -0.489 e. The number of benzene rings is 1. The van der Waals surface area contributed by atoms with E-state index in [9.17, 15) is 4.79 Å². The van der Waals surface area contributed by atoms with Crippen molar-refractivity contribution in [2.24, 2.45) is 5.41 Å². The van der Waals surface area contributed by atoms with Crippen molar-refractivity contribution in [3.8, 4) is 11.5 Å². The number of rotatable bonds is 2. The highest BCUT2D eigenvalue weighted by Crippen LogP contribution is 2.38. The van der Waals surface area contributed by atoms with Gasteiger partial charge in [0.25, 0.3) is 0 Å². The minimum atomic E-state index is -0.315. The number of fused-ring (bicyclic) bond motifs is 1. The molecular weight excluding hydrogens is 340 g/mol.